The molecule has 0 amide bonds. The molecule has 1 heterocycles. The van der Waals surface area contributed by atoms with Crippen molar-refractivity contribution >= 4 is 15.9 Å². The van der Waals surface area contributed by atoms with Crippen LogP contribution in [0.1, 0.15) is 18.1 Å². The van der Waals surface area contributed by atoms with Gasteiger partial charge < -0.3 is 14.7 Å². The summed E-state index contributed by atoms with van der Waals surface area (Å²) < 4.78 is 11.6. The quantitative estimate of drug-likeness (QED) is 0.830. The monoisotopic (exact) mass is 273 g/mol. The average Bonchev–Trinajstić information content (AvgIpc) is 2.67. The van der Waals surface area contributed by atoms with Gasteiger partial charge in [0.15, 0.2) is 11.5 Å². The van der Waals surface area contributed by atoms with E-state index in [1.54, 1.807) is 0 Å². The molecule has 0 saturated heterocycles. The number of hydrogen-bond donors (Lipinski definition) is 2. The Morgan fingerprint density at radius 3 is 3.00 bits per heavy atom. The molecule has 0 aromatic heterocycles. The maximum Gasteiger partial charge on any atom is 0.231 e. The summed E-state index contributed by atoms with van der Waals surface area (Å²) in [7, 11) is 0. The van der Waals surface area contributed by atoms with E-state index < -0.39 is 0 Å². The molecule has 4 nitrogen and oxygen atoms in total. The van der Waals surface area contributed by atoms with Gasteiger partial charge in [-0.15, -0.1) is 0 Å². The minimum absolute atomic E-state index is 0.257. The molecule has 0 spiro atoms. The van der Waals surface area contributed by atoms with Crippen LogP contribution in [0.15, 0.2) is 10.5 Å². The van der Waals surface area contributed by atoms with E-state index in [1.807, 2.05) is 6.07 Å². The first-order chi connectivity index (χ1) is 7.27. The maximum atomic E-state index is 8.74. The van der Waals surface area contributed by atoms with Gasteiger partial charge in [0.1, 0.15) is 0 Å². The Hall–Kier alpha value is -0.780. The van der Waals surface area contributed by atoms with Crippen molar-refractivity contribution in [3.63, 3.8) is 0 Å². The topological polar surface area (TPSA) is 50.7 Å². The number of rotatable bonds is 3. The standard InChI is InChI=1S/C10H12BrNO3/c1-2-7-6(4-12-13)3-8-10(9(7)11)15-5-14-8/h3,12-13H,2,4-5H2,1H3. The molecule has 0 radical (unpaired) electrons. The van der Waals surface area contributed by atoms with Crippen molar-refractivity contribution in [2.75, 3.05) is 6.79 Å². The van der Waals surface area contributed by atoms with E-state index in [4.69, 9.17) is 14.7 Å². The van der Waals surface area contributed by atoms with E-state index in [1.165, 1.54) is 0 Å². The molecule has 0 bridgehead atoms. The molecule has 82 valence electrons. The van der Waals surface area contributed by atoms with Crippen molar-refractivity contribution in [1.82, 2.24) is 5.48 Å². The van der Waals surface area contributed by atoms with Gasteiger partial charge in [-0.2, -0.15) is 0 Å². The lowest BCUT2D eigenvalue weighted by Gasteiger charge is -2.11. The van der Waals surface area contributed by atoms with Crippen LogP contribution in [-0.4, -0.2) is 12.0 Å². The third-order valence-electron chi connectivity index (χ3n) is 2.42. The molecule has 0 unspecified atom stereocenters. The SMILES string of the molecule is CCc1c(CNO)cc2c(c1Br)OCO2. The molecule has 1 aromatic carbocycles. The molecule has 0 atom stereocenters. The molecule has 1 aliphatic rings. The van der Waals surface area contributed by atoms with Crippen molar-refractivity contribution in [2.45, 2.75) is 19.9 Å². The number of benzene rings is 1. The van der Waals surface area contributed by atoms with Crippen molar-refractivity contribution in [2.24, 2.45) is 0 Å². The molecule has 2 N–H and O–H groups in total. The smallest absolute Gasteiger partial charge is 0.231 e. The van der Waals surface area contributed by atoms with Gasteiger partial charge in [-0.25, -0.2) is 5.48 Å². The van der Waals surface area contributed by atoms with Gasteiger partial charge in [-0.05, 0) is 39.5 Å². The number of hydrogen-bond acceptors (Lipinski definition) is 4. The average molecular weight is 274 g/mol. The van der Waals surface area contributed by atoms with Crippen molar-refractivity contribution in [3.8, 4) is 11.5 Å². The van der Waals surface area contributed by atoms with Crippen LogP contribution in [0.5, 0.6) is 11.5 Å². The Balaban J connectivity index is 2.51. The fraction of sp³-hybridized carbons (Fsp3) is 0.400. The first-order valence-electron chi connectivity index (χ1n) is 4.74. The summed E-state index contributed by atoms with van der Waals surface area (Å²) in [6.07, 6.45) is 0.869. The summed E-state index contributed by atoms with van der Waals surface area (Å²) in [6.45, 7) is 2.72. The zero-order chi connectivity index (χ0) is 10.8. The lowest BCUT2D eigenvalue weighted by atomic mass is 10.0. The Bertz CT molecular complexity index is 381. The van der Waals surface area contributed by atoms with E-state index in [0.717, 1.165) is 33.5 Å². The Morgan fingerprint density at radius 1 is 1.53 bits per heavy atom. The molecule has 0 saturated carbocycles. The van der Waals surface area contributed by atoms with Crippen molar-refractivity contribution < 1.29 is 14.7 Å². The minimum atomic E-state index is 0.257. The summed E-state index contributed by atoms with van der Waals surface area (Å²) in [5.41, 5.74) is 4.30. The summed E-state index contributed by atoms with van der Waals surface area (Å²) in [5, 5.41) is 8.74. The van der Waals surface area contributed by atoms with Crippen LogP contribution in [0.3, 0.4) is 0 Å². The number of ether oxygens (including phenoxy) is 2. The summed E-state index contributed by atoms with van der Waals surface area (Å²) in [4.78, 5) is 0. The molecule has 0 aliphatic carbocycles. The highest BCUT2D eigenvalue weighted by Gasteiger charge is 2.21. The maximum absolute atomic E-state index is 8.74. The van der Waals surface area contributed by atoms with Crippen LogP contribution in [0, 0.1) is 0 Å². The minimum Gasteiger partial charge on any atom is -0.454 e. The number of halogens is 1. The van der Waals surface area contributed by atoms with E-state index >= 15 is 0 Å². The van der Waals surface area contributed by atoms with Crippen LogP contribution in [0.2, 0.25) is 0 Å². The zero-order valence-corrected chi connectivity index (χ0v) is 9.93. The molecule has 1 aromatic rings. The fourth-order valence-electron chi connectivity index (χ4n) is 1.72. The number of hydroxylamine groups is 1. The molecular formula is C10H12BrNO3. The first-order valence-corrected chi connectivity index (χ1v) is 5.54. The lowest BCUT2D eigenvalue weighted by molar-refractivity contribution is 0.161. The van der Waals surface area contributed by atoms with Crippen molar-refractivity contribution in [1.29, 1.82) is 0 Å². The van der Waals surface area contributed by atoms with Gasteiger partial charge in [0.05, 0.1) is 4.47 Å². The molecule has 1 aliphatic heterocycles. The second-order valence-electron chi connectivity index (χ2n) is 3.25. The van der Waals surface area contributed by atoms with Crippen LogP contribution >= 0.6 is 15.9 Å². The fourth-order valence-corrected chi connectivity index (χ4v) is 2.56. The third-order valence-corrected chi connectivity index (χ3v) is 3.26. The molecule has 15 heavy (non-hydrogen) atoms. The number of nitrogens with one attached hydrogen (secondary N) is 1. The van der Waals surface area contributed by atoms with Gasteiger partial charge in [0.25, 0.3) is 0 Å². The normalized spacial score (nSPS) is 13.3. The largest absolute Gasteiger partial charge is 0.454 e. The van der Waals surface area contributed by atoms with Crippen molar-refractivity contribution in [3.05, 3.63) is 21.7 Å². The van der Waals surface area contributed by atoms with Gasteiger partial charge in [-0.3, -0.25) is 0 Å². The summed E-state index contributed by atoms with van der Waals surface area (Å²) in [6, 6.07) is 1.90. The number of fused-ring (bicyclic) bond motifs is 1. The Kier molecular flexibility index (Phi) is 3.14. The van der Waals surface area contributed by atoms with E-state index in [2.05, 4.69) is 28.3 Å². The van der Waals surface area contributed by atoms with Gasteiger partial charge in [0.2, 0.25) is 6.79 Å². The third kappa shape index (κ3) is 1.82. The zero-order valence-electron chi connectivity index (χ0n) is 8.34. The van der Waals surface area contributed by atoms with Crippen LogP contribution in [0.4, 0.5) is 0 Å². The predicted molar refractivity (Wildman–Crippen MR) is 58.3 cm³/mol. The van der Waals surface area contributed by atoms with Crippen LogP contribution < -0.4 is 15.0 Å². The first kappa shape index (κ1) is 10.7. The molecule has 5 heteroatoms. The second-order valence-corrected chi connectivity index (χ2v) is 4.04. The second kappa shape index (κ2) is 4.38. The van der Waals surface area contributed by atoms with Gasteiger partial charge in [-0.1, -0.05) is 6.92 Å². The molecule has 2 rings (SSSR count). The van der Waals surface area contributed by atoms with Gasteiger partial charge in [0, 0.05) is 6.54 Å². The predicted octanol–water partition coefficient (Wildman–Crippen LogP) is 2.22. The highest BCUT2D eigenvalue weighted by Crippen LogP contribution is 2.43. The van der Waals surface area contributed by atoms with Gasteiger partial charge >= 0.3 is 0 Å². The Morgan fingerprint density at radius 2 is 2.33 bits per heavy atom. The molecule has 0 fully saturated rings. The van der Waals surface area contributed by atoms with E-state index in [9.17, 15) is 0 Å². The summed E-state index contributed by atoms with van der Waals surface area (Å²) in [5.74, 6) is 1.48. The highest BCUT2D eigenvalue weighted by atomic mass is 79.9. The van der Waals surface area contributed by atoms with Crippen LogP contribution in [0.25, 0.3) is 0 Å². The summed E-state index contributed by atoms with van der Waals surface area (Å²) >= 11 is 3.50. The van der Waals surface area contributed by atoms with E-state index in [0.29, 0.717) is 6.54 Å². The lowest BCUT2D eigenvalue weighted by Crippen LogP contribution is -2.08. The molecular weight excluding hydrogens is 262 g/mol. The van der Waals surface area contributed by atoms with E-state index in [-0.39, 0.29) is 6.79 Å². The highest BCUT2D eigenvalue weighted by molar-refractivity contribution is 9.10. The Labute approximate surface area is 96.3 Å². The van der Waals surface area contributed by atoms with Crippen LogP contribution in [-0.2, 0) is 13.0 Å².